The molecule has 0 atom stereocenters. The van der Waals surface area contributed by atoms with Crippen molar-refractivity contribution in [3.05, 3.63) is 0 Å². The molecule has 0 amide bonds. The molecule has 0 heterocycles. The Labute approximate surface area is 98.0 Å². The average molecular weight is 232 g/mol. The molecule has 0 saturated carbocycles. The van der Waals surface area contributed by atoms with Crippen molar-refractivity contribution >= 4 is 11.9 Å². The predicted octanol–water partition coefficient (Wildman–Crippen LogP) is 3.00. The molecule has 0 aromatic carbocycles. The maximum absolute atomic E-state index is 10.9. The average Bonchev–Trinajstić information content (AvgIpc) is 2.17. The zero-order chi connectivity index (χ0) is 12.8. The second-order valence-corrected chi connectivity index (χ2v) is 3.49. The molecule has 0 bridgehead atoms. The normalized spacial score (nSPS) is 8.94. The number of carbonyl (C=O) groups excluding carboxylic acids is 1. The Morgan fingerprint density at radius 2 is 1.56 bits per heavy atom. The Balaban J connectivity index is 0. The van der Waals surface area contributed by atoms with Gasteiger partial charge >= 0.3 is 5.97 Å². The van der Waals surface area contributed by atoms with Gasteiger partial charge < -0.3 is 9.84 Å². The van der Waals surface area contributed by atoms with Crippen molar-refractivity contribution in [3.63, 3.8) is 0 Å². The predicted molar refractivity (Wildman–Crippen MR) is 63.3 cm³/mol. The molecule has 16 heavy (non-hydrogen) atoms. The fourth-order valence-electron chi connectivity index (χ4n) is 1.11. The smallest absolute Gasteiger partial charge is 0.305 e. The fourth-order valence-corrected chi connectivity index (χ4v) is 1.11. The molecule has 0 rings (SSSR count). The van der Waals surface area contributed by atoms with Crippen molar-refractivity contribution < 1.29 is 19.4 Å². The largest absolute Gasteiger partial charge is 0.481 e. The van der Waals surface area contributed by atoms with Gasteiger partial charge in [0, 0.05) is 13.3 Å². The molecule has 0 radical (unpaired) electrons. The first-order valence-electron chi connectivity index (χ1n) is 5.89. The van der Waals surface area contributed by atoms with Gasteiger partial charge in [0.05, 0.1) is 6.61 Å². The quantitative estimate of drug-likeness (QED) is 0.541. The number of esters is 1. The summed E-state index contributed by atoms with van der Waals surface area (Å²) < 4.78 is 4.81. The number of carboxylic acid groups (broad SMARTS) is 1. The van der Waals surface area contributed by atoms with Gasteiger partial charge in [-0.1, -0.05) is 32.6 Å². The molecule has 0 aromatic rings. The fraction of sp³-hybridized carbons (Fsp3) is 0.833. The minimum Gasteiger partial charge on any atom is -0.481 e. The van der Waals surface area contributed by atoms with Gasteiger partial charge in [0.2, 0.25) is 0 Å². The van der Waals surface area contributed by atoms with E-state index < -0.39 is 5.97 Å². The van der Waals surface area contributed by atoms with E-state index in [1.54, 1.807) is 0 Å². The number of carboxylic acids is 1. The molecule has 0 aliphatic carbocycles. The van der Waals surface area contributed by atoms with Crippen molar-refractivity contribution in [1.82, 2.24) is 0 Å². The number of ether oxygens (including phenoxy) is 1. The number of carbonyl (C=O) groups is 2. The van der Waals surface area contributed by atoms with Crippen LogP contribution in [-0.4, -0.2) is 23.7 Å². The van der Waals surface area contributed by atoms with Crippen LogP contribution in [0.5, 0.6) is 0 Å². The van der Waals surface area contributed by atoms with Crippen LogP contribution in [0.4, 0.5) is 0 Å². The number of hydrogen-bond acceptors (Lipinski definition) is 3. The summed E-state index contributed by atoms with van der Waals surface area (Å²) in [4.78, 5) is 19.9. The summed E-state index contributed by atoms with van der Waals surface area (Å²) in [5.74, 6) is -0.881. The molecule has 96 valence electrons. The van der Waals surface area contributed by atoms with Gasteiger partial charge in [-0.05, 0) is 13.3 Å². The molecule has 0 aliphatic rings. The van der Waals surface area contributed by atoms with Gasteiger partial charge in [0.15, 0.2) is 0 Å². The molecule has 4 heteroatoms. The van der Waals surface area contributed by atoms with Crippen molar-refractivity contribution in [1.29, 1.82) is 0 Å². The maximum atomic E-state index is 10.9. The van der Waals surface area contributed by atoms with Gasteiger partial charge in [0.25, 0.3) is 5.97 Å². The Hall–Kier alpha value is -1.06. The number of rotatable bonds is 7. The SMILES string of the molecule is CC(=O)O.CCCCCCCC(=O)OCC. The van der Waals surface area contributed by atoms with E-state index in [9.17, 15) is 4.79 Å². The van der Waals surface area contributed by atoms with Crippen LogP contribution < -0.4 is 0 Å². The van der Waals surface area contributed by atoms with Crippen LogP contribution in [-0.2, 0) is 14.3 Å². The van der Waals surface area contributed by atoms with Crippen LogP contribution >= 0.6 is 0 Å². The zero-order valence-electron chi connectivity index (χ0n) is 10.6. The molecule has 0 saturated heterocycles. The van der Waals surface area contributed by atoms with Crippen LogP contribution in [0.25, 0.3) is 0 Å². The molecule has 1 N–H and O–H groups in total. The number of hydrogen-bond donors (Lipinski definition) is 1. The van der Waals surface area contributed by atoms with E-state index in [0.29, 0.717) is 13.0 Å². The van der Waals surface area contributed by atoms with E-state index in [0.717, 1.165) is 19.8 Å². The van der Waals surface area contributed by atoms with Crippen LogP contribution in [0.15, 0.2) is 0 Å². The number of unbranched alkanes of at least 4 members (excludes halogenated alkanes) is 4. The van der Waals surface area contributed by atoms with Crippen molar-refractivity contribution in [2.45, 2.75) is 59.3 Å². The summed E-state index contributed by atoms with van der Waals surface area (Å²) in [6.45, 7) is 5.62. The lowest BCUT2D eigenvalue weighted by molar-refractivity contribution is -0.143. The summed E-state index contributed by atoms with van der Waals surface area (Å²) in [5.41, 5.74) is 0. The zero-order valence-corrected chi connectivity index (χ0v) is 10.6. The monoisotopic (exact) mass is 232 g/mol. The summed E-state index contributed by atoms with van der Waals surface area (Å²) in [5, 5.41) is 7.42. The molecule has 0 aliphatic heterocycles. The minimum absolute atomic E-state index is 0.0472. The van der Waals surface area contributed by atoms with Crippen molar-refractivity contribution in [2.24, 2.45) is 0 Å². The lowest BCUT2D eigenvalue weighted by atomic mass is 10.1. The standard InChI is InChI=1S/C10H20O2.C2H4O2/c1-3-5-6-7-8-9-10(11)12-4-2;1-2(3)4/h3-9H2,1-2H3;1H3,(H,3,4). The van der Waals surface area contributed by atoms with Gasteiger partial charge in [-0.15, -0.1) is 0 Å². The first-order valence-corrected chi connectivity index (χ1v) is 5.89. The number of aliphatic carboxylic acids is 1. The first-order chi connectivity index (χ1) is 7.54. The highest BCUT2D eigenvalue weighted by Crippen LogP contribution is 2.05. The Morgan fingerprint density at radius 3 is 2.00 bits per heavy atom. The Morgan fingerprint density at radius 1 is 1.06 bits per heavy atom. The summed E-state index contributed by atoms with van der Waals surface area (Å²) in [7, 11) is 0. The molecule has 0 aromatic heterocycles. The topological polar surface area (TPSA) is 63.6 Å². The Bertz CT molecular complexity index is 174. The summed E-state index contributed by atoms with van der Waals surface area (Å²) >= 11 is 0. The second kappa shape index (κ2) is 13.9. The summed E-state index contributed by atoms with van der Waals surface area (Å²) in [6, 6.07) is 0. The third-order valence-corrected chi connectivity index (χ3v) is 1.79. The van der Waals surface area contributed by atoms with Gasteiger partial charge in [-0.3, -0.25) is 9.59 Å². The van der Waals surface area contributed by atoms with Gasteiger partial charge in [0.1, 0.15) is 0 Å². The lowest BCUT2D eigenvalue weighted by Gasteiger charge is -2.00. The van der Waals surface area contributed by atoms with E-state index in [1.807, 2.05) is 6.92 Å². The van der Waals surface area contributed by atoms with Crippen molar-refractivity contribution in [2.75, 3.05) is 6.61 Å². The van der Waals surface area contributed by atoms with Crippen molar-refractivity contribution in [3.8, 4) is 0 Å². The third-order valence-electron chi connectivity index (χ3n) is 1.79. The molecule has 0 fully saturated rings. The van der Waals surface area contributed by atoms with E-state index in [-0.39, 0.29) is 5.97 Å². The van der Waals surface area contributed by atoms with E-state index in [2.05, 4.69) is 6.92 Å². The molecule has 0 spiro atoms. The highest BCUT2D eigenvalue weighted by Gasteiger charge is 1.99. The van der Waals surface area contributed by atoms with E-state index in [1.165, 1.54) is 19.3 Å². The molecular weight excluding hydrogens is 208 g/mol. The minimum atomic E-state index is -0.833. The third kappa shape index (κ3) is 23.1. The summed E-state index contributed by atoms with van der Waals surface area (Å²) in [6.07, 6.45) is 6.52. The molecule has 0 unspecified atom stereocenters. The Kier molecular flexibility index (Phi) is 15.1. The lowest BCUT2D eigenvalue weighted by Crippen LogP contribution is -2.02. The van der Waals surface area contributed by atoms with Gasteiger partial charge in [-0.25, -0.2) is 0 Å². The van der Waals surface area contributed by atoms with Crippen LogP contribution in [0, 0.1) is 0 Å². The molecular formula is C12H24O4. The second-order valence-electron chi connectivity index (χ2n) is 3.49. The van der Waals surface area contributed by atoms with Crippen LogP contribution in [0.2, 0.25) is 0 Å². The van der Waals surface area contributed by atoms with Crippen LogP contribution in [0.1, 0.15) is 59.3 Å². The molecule has 4 nitrogen and oxygen atoms in total. The van der Waals surface area contributed by atoms with E-state index >= 15 is 0 Å². The first kappa shape index (κ1) is 17.3. The van der Waals surface area contributed by atoms with Gasteiger partial charge in [-0.2, -0.15) is 0 Å². The highest BCUT2D eigenvalue weighted by molar-refractivity contribution is 5.69. The highest BCUT2D eigenvalue weighted by atomic mass is 16.5. The van der Waals surface area contributed by atoms with E-state index in [4.69, 9.17) is 14.6 Å². The van der Waals surface area contributed by atoms with Crippen LogP contribution in [0.3, 0.4) is 0 Å². The maximum Gasteiger partial charge on any atom is 0.305 e.